The van der Waals surface area contributed by atoms with Crippen molar-refractivity contribution in [1.29, 1.82) is 0 Å². The average Bonchev–Trinajstić information content (AvgIpc) is 3.40. The third-order valence-electron chi connectivity index (χ3n) is 7.91. The van der Waals surface area contributed by atoms with Crippen molar-refractivity contribution in [2.75, 3.05) is 37.0 Å². The fourth-order valence-electron chi connectivity index (χ4n) is 5.44. The second-order valence-corrected chi connectivity index (χ2v) is 10.7. The van der Waals surface area contributed by atoms with Crippen LogP contribution < -0.4 is 15.0 Å². The molecule has 2 aromatic heterocycles. The molecule has 3 heterocycles. The molecule has 220 valence electrons. The number of carbonyl (C=O) groups excluding carboxylic acids is 1. The second kappa shape index (κ2) is 12.5. The predicted molar refractivity (Wildman–Crippen MR) is 165 cm³/mol. The third-order valence-corrected chi connectivity index (χ3v) is 7.91. The standard InChI is InChI=1S/C34H34N4O5/c1-22-29-18-25(24-7-4-3-5-8-24)11-12-30(29)43-31(22)32(39)37-27-19-35-34(36-20-27)38-15-13-23(14-16-38)21-42-28-10-6-9-26(17-28)33(40)41-2/h3-12,17-20,23,32,37,39H,13-16,21H2,1-2H3. The Balaban J connectivity index is 1.03. The van der Waals surface area contributed by atoms with Crippen molar-refractivity contribution < 1.29 is 23.8 Å². The number of ether oxygens (including phenoxy) is 2. The number of rotatable bonds is 9. The molecular formula is C34H34N4O5. The van der Waals surface area contributed by atoms with Gasteiger partial charge in [0, 0.05) is 24.0 Å². The summed E-state index contributed by atoms with van der Waals surface area (Å²) < 4.78 is 16.8. The number of anilines is 2. The van der Waals surface area contributed by atoms with E-state index in [1.54, 1.807) is 30.6 Å². The number of carbonyl (C=O) groups is 1. The van der Waals surface area contributed by atoms with Crippen LogP contribution >= 0.6 is 0 Å². The lowest BCUT2D eigenvalue weighted by Crippen LogP contribution is -2.36. The van der Waals surface area contributed by atoms with E-state index in [1.807, 2.05) is 43.3 Å². The minimum Gasteiger partial charge on any atom is -0.493 e. The molecule has 0 spiro atoms. The lowest BCUT2D eigenvalue weighted by molar-refractivity contribution is 0.0600. The highest BCUT2D eigenvalue weighted by Gasteiger charge is 2.23. The van der Waals surface area contributed by atoms with Gasteiger partial charge in [0.15, 0.2) is 12.0 Å². The molecule has 0 radical (unpaired) electrons. The van der Waals surface area contributed by atoms with Gasteiger partial charge in [-0.15, -0.1) is 0 Å². The summed E-state index contributed by atoms with van der Waals surface area (Å²) in [5, 5.41) is 15.0. The predicted octanol–water partition coefficient (Wildman–Crippen LogP) is 6.38. The number of fused-ring (bicyclic) bond motifs is 1. The first-order valence-corrected chi connectivity index (χ1v) is 14.4. The monoisotopic (exact) mass is 578 g/mol. The van der Waals surface area contributed by atoms with E-state index in [4.69, 9.17) is 13.9 Å². The minimum atomic E-state index is -1.05. The maximum atomic E-state index is 11.8. The third kappa shape index (κ3) is 6.32. The number of benzene rings is 3. The minimum absolute atomic E-state index is 0.378. The zero-order chi connectivity index (χ0) is 29.8. The molecule has 43 heavy (non-hydrogen) atoms. The van der Waals surface area contributed by atoms with Gasteiger partial charge in [0.05, 0.1) is 37.4 Å². The number of piperidine rings is 1. The quantitative estimate of drug-likeness (QED) is 0.152. The van der Waals surface area contributed by atoms with Gasteiger partial charge < -0.3 is 29.2 Å². The number of esters is 1. The first-order chi connectivity index (χ1) is 21.0. The van der Waals surface area contributed by atoms with Gasteiger partial charge in [0.1, 0.15) is 11.3 Å². The van der Waals surface area contributed by atoms with Crippen molar-refractivity contribution >= 4 is 28.6 Å². The zero-order valence-electron chi connectivity index (χ0n) is 24.2. The lowest BCUT2D eigenvalue weighted by Gasteiger charge is -2.31. The summed E-state index contributed by atoms with van der Waals surface area (Å²) in [6, 6.07) is 23.3. The fourth-order valence-corrected chi connectivity index (χ4v) is 5.44. The van der Waals surface area contributed by atoms with E-state index in [0.29, 0.717) is 41.2 Å². The van der Waals surface area contributed by atoms with Gasteiger partial charge in [-0.25, -0.2) is 14.8 Å². The average molecular weight is 579 g/mol. The van der Waals surface area contributed by atoms with Crippen LogP contribution in [0.25, 0.3) is 22.1 Å². The number of nitrogens with one attached hydrogen (secondary N) is 1. The highest BCUT2D eigenvalue weighted by molar-refractivity contribution is 5.89. The zero-order valence-corrected chi connectivity index (χ0v) is 24.2. The maximum Gasteiger partial charge on any atom is 0.337 e. The summed E-state index contributed by atoms with van der Waals surface area (Å²) in [6.45, 7) is 4.16. The van der Waals surface area contributed by atoms with Crippen LogP contribution in [0.1, 0.15) is 40.8 Å². The van der Waals surface area contributed by atoms with Gasteiger partial charge in [0.25, 0.3) is 0 Å². The van der Waals surface area contributed by atoms with Crippen LogP contribution in [0, 0.1) is 12.8 Å². The van der Waals surface area contributed by atoms with E-state index in [9.17, 15) is 9.90 Å². The molecule has 6 rings (SSSR count). The van der Waals surface area contributed by atoms with Gasteiger partial charge in [-0.1, -0.05) is 42.5 Å². The number of aromatic nitrogens is 2. The SMILES string of the molecule is COC(=O)c1cccc(OCC2CCN(c3ncc(NC(O)c4oc5ccc(-c6ccccc6)cc5c4C)cn3)CC2)c1. The van der Waals surface area contributed by atoms with E-state index in [2.05, 4.69) is 38.4 Å². The number of aliphatic hydroxyl groups is 1. The molecule has 0 amide bonds. The molecule has 1 atom stereocenters. The first kappa shape index (κ1) is 28.2. The number of methoxy groups -OCH3 is 1. The van der Waals surface area contributed by atoms with Crippen LogP contribution in [0.15, 0.2) is 89.6 Å². The van der Waals surface area contributed by atoms with Gasteiger partial charge >= 0.3 is 5.97 Å². The number of aryl methyl sites for hydroxylation is 1. The Morgan fingerprint density at radius 1 is 1.02 bits per heavy atom. The topological polar surface area (TPSA) is 110 Å². The number of hydrogen-bond acceptors (Lipinski definition) is 9. The first-order valence-electron chi connectivity index (χ1n) is 14.4. The summed E-state index contributed by atoms with van der Waals surface area (Å²) in [6.07, 6.45) is 4.19. The molecule has 0 saturated carbocycles. The molecule has 0 aliphatic carbocycles. The van der Waals surface area contributed by atoms with Crippen molar-refractivity contribution in [1.82, 2.24) is 9.97 Å². The summed E-state index contributed by atoms with van der Waals surface area (Å²) in [4.78, 5) is 23.0. The van der Waals surface area contributed by atoms with Gasteiger partial charge in [-0.05, 0) is 67.1 Å². The van der Waals surface area contributed by atoms with Crippen molar-refractivity contribution in [3.05, 3.63) is 102 Å². The Bertz CT molecular complexity index is 1700. The van der Waals surface area contributed by atoms with Gasteiger partial charge in [-0.2, -0.15) is 0 Å². The van der Waals surface area contributed by atoms with Crippen LogP contribution in [-0.2, 0) is 4.74 Å². The summed E-state index contributed by atoms with van der Waals surface area (Å²) in [5.41, 5.74) is 4.90. The van der Waals surface area contributed by atoms with Crippen molar-refractivity contribution in [3.8, 4) is 16.9 Å². The Kier molecular flexibility index (Phi) is 8.24. The molecule has 1 fully saturated rings. The summed E-state index contributed by atoms with van der Waals surface area (Å²) >= 11 is 0. The smallest absolute Gasteiger partial charge is 0.337 e. The van der Waals surface area contributed by atoms with Gasteiger partial charge in [0.2, 0.25) is 5.95 Å². The summed E-state index contributed by atoms with van der Waals surface area (Å²) in [7, 11) is 1.37. The van der Waals surface area contributed by atoms with Crippen LogP contribution in [0.3, 0.4) is 0 Å². The van der Waals surface area contributed by atoms with E-state index in [-0.39, 0.29) is 5.97 Å². The molecule has 1 aliphatic rings. The number of hydrogen-bond donors (Lipinski definition) is 2. The van der Waals surface area contributed by atoms with E-state index < -0.39 is 6.23 Å². The van der Waals surface area contributed by atoms with E-state index >= 15 is 0 Å². The summed E-state index contributed by atoms with van der Waals surface area (Å²) in [5.74, 6) is 1.79. The molecule has 2 N–H and O–H groups in total. The molecule has 1 aliphatic heterocycles. The highest BCUT2D eigenvalue weighted by atomic mass is 16.5. The van der Waals surface area contributed by atoms with E-state index in [1.165, 1.54) is 7.11 Å². The fraction of sp³-hybridized carbons (Fsp3) is 0.265. The Hall–Kier alpha value is -4.89. The Labute approximate surface area is 250 Å². The normalized spacial score (nSPS) is 14.4. The largest absolute Gasteiger partial charge is 0.493 e. The molecule has 0 bridgehead atoms. The van der Waals surface area contributed by atoms with E-state index in [0.717, 1.165) is 53.6 Å². The van der Waals surface area contributed by atoms with Crippen molar-refractivity contribution in [2.24, 2.45) is 5.92 Å². The lowest BCUT2D eigenvalue weighted by atomic mass is 9.98. The van der Waals surface area contributed by atoms with Crippen LogP contribution in [0.2, 0.25) is 0 Å². The molecule has 1 saturated heterocycles. The van der Waals surface area contributed by atoms with Crippen LogP contribution in [0.5, 0.6) is 5.75 Å². The molecule has 3 aromatic carbocycles. The van der Waals surface area contributed by atoms with Crippen LogP contribution in [0.4, 0.5) is 11.6 Å². The molecule has 9 heteroatoms. The number of furan rings is 1. The molecule has 9 nitrogen and oxygen atoms in total. The number of aliphatic hydroxyl groups excluding tert-OH is 1. The molecule has 5 aromatic rings. The Morgan fingerprint density at radius 2 is 1.79 bits per heavy atom. The number of nitrogens with zero attached hydrogens (tertiary/aromatic N) is 3. The van der Waals surface area contributed by atoms with Gasteiger partial charge in [-0.3, -0.25) is 0 Å². The van der Waals surface area contributed by atoms with Crippen LogP contribution in [-0.4, -0.2) is 47.8 Å². The Morgan fingerprint density at radius 3 is 2.53 bits per heavy atom. The second-order valence-electron chi connectivity index (χ2n) is 10.7. The van der Waals surface area contributed by atoms with Crippen molar-refractivity contribution in [2.45, 2.75) is 26.0 Å². The highest BCUT2D eigenvalue weighted by Crippen LogP contribution is 2.33. The molecular weight excluding hydrogens is 544 g/mol. The van der Waals surface area contributed by atoms with Crippen molar-refractivity contribution in [3.63, 3.8) is 0 Å². The maximum absolute atomic E-state index is 11.8. The molecule has 1 unspecified atom stereocenters.